The van der Waals surface area contributed by atoms with Gasteiger partial charge in [-0.05, 0) is 30.9 Å². The first-order valence-corrected chi connectivity index (χ1v) is 10.7. The molecular weight excluding hydrogens is 402 g/mol. The predicted molar refractivity (Wildman–Crippen MR) is 124 cm³/mol. The van der Waals surface area contributed by atoms with Gasteiger partial charge in [-0.25, -0.2) is 4.79 Å². The molecule has 1 aromatic heterocycles. The maximum atomic E-state index is 12.9. The Morgan fingerprint density at radius 2 is 1.88 bits per heavy atom. The quantitative estimate of drug-likeness (QED) is 0.727. The molecule has 0 radical (unpaired) electrons. The van der Waals surface area contributed by atoms with Crippen molar-refractivity contribution in [2.45, 2.75) is 45.3 Å². The first-order valence-electron chi connectivity index (χ1n) is 10.7. The Hall–Kier alpha value is -3.79. The number of nitriles is 1. The number of carbonyl (C=O) groups is 2. The molecule has 0 saturated carbocycles. The average molecular weight is 432 g/mol. The molecule has 0 atom stereocenters. The van der Waals surface area contributed by atoms with Crippen molar-refractivity contribution in [3.63, 3.8) is 0 Å². The average Bonchev–Trinajstić information content (AvgIpc) is 3.32. The monoisotopic (exact) mass is 431 g/mol. The summed E-state index contributed by atoms with van der Waals surface area (Å²) >= 11 is 0. The first-order chi connectivity index (χ1) is 15.4. The maximum Gasteiger partial charge on any atom is 0.318 e. The molecule has 1 aromatic carbocycles. The molecule has 3 amide bonds. The van der Waals surface area contributed by atoms with Gasteiger partial charge in [0.15, 0.2) is 0 Å². The number of rotatable bonds is 4. The first kappa shape index (κ1) is 22.9. The molecule has 2 aromatic rings. The lowest BCUT2D eigenvalue weighted by molar-refractivity contribution is 0.0996. The second kappa shape index (κ2) is 10.0. The number of nitrogens with one attached hydrogen (secondary N) is 1. The van der Waals surface area contributed by atoms with E-state index in [-0.39, 0.29) is 24.2 Å². The standard InChI is InChI=1S/C22H23N5O2.C3H6/c1-2-5-18-17(12-23)20(21(24)28)19-13-26(8-9-27(18)19)22(29)25-16-10-14-6-3-4-7-15(14)11-16;1-3-2/h2-4,6-7,16H,1,5,8-11,13H2,(H2,24,28)(H,25,29);3H,1H2,2H3. The number of fused-ring (bicyclic) bond motifs is 2. The van der Waals surface area contributed by atoms with E-state index in [4.69, 9.17) is 5.73 Å². The number of nitrogens with zero attached hydrogens (tertiary/aromatic N) is 3. The summed E-state index contributed by atoms with van der Waals surface area (Å²) in [6.45, 7) is 10.2. The minimum Gasteiger partial charge on any atom is -0.366 e. The Kier molecular flexibility index (Phi) is 7.16. The smallest absolute Gasteiger partial charge is 0.318 e. The second-order valence-electron chi connectivity index (χ2n) is 7.92. The lowest BCUT2D eigenvalue weighted by Gasteiger charge is -2.31. The van der Waals surface area contributed by atoms with Crippen LogP contribution in [0.15, 0.2) is 49.6 Å². The van der Waals surface area contributed by atoms with Crippen molar-refractivity contribution in [2.75, 3.05) is 6.54 Å². The van der Waals surface area contributed by atoms with E-state index in [2.05, 4.69) is 36.7 Å². The Morgan fingerprint density at radius 3 is 2.41 bits per heavy atom. The Balaban J connectivity index is 0.000000913. The molecule has 2 aliphatic rings. The van der Waals surface area contributed by atoms with Gasteiger partial charge in [0, 0.05) is 31.2 Å². The summed E-state index contributed by atoms with van der Waals surface area (Å²) in [4.78, 5) is 26.6. The van der Waals surface area contributed by atoms with Crippen molar-refractivity contribution in [3.05, 3.63) is 83.2 Å². The van der Waals surface area contributed by atoms with Gasteiger partial charge < -0.3 is 20.5 Å². The fraction of sp³-hybridized carbons (Fsp3) is 0.320. The highest BCUT2D eigenvalue weighted by atomic mass is 16.2. The van der Waals surface area contributed by atoms with Crippen molar-refractivity contribution < 1.29 is 9.59 Å². The van der Waals surface area contributed by atoms with Gasteiger partial charge in [0.2, 0.25) is 0 Å². The van der Waals surface area contributed by atoms with E-state index in [1.165, 1.54) is 11.1 Å². The van der Waals surface area contributed by atoms with E-state index in [0.717, 1.165) is 18.5 Å². The van der Waals surface area contributed by atoms with Gasteiger partial charge in [0.05, 0.1) is 23.4 Å². The molecule has 2 heterocycles. The third-order valence-corrected chi connectivity index (χ3v) is 5.77. The normalized spacial score (nSPS) is 14.3. The third-order valence-electron chi connectivity index (χ3n) is 5.77. The summed E-state index contributed by atoms with van der Waals surface area (Å²) in [6.07, 6.45) is 5.56. The fourth-order valence-electron chi connectivity index (χ4n) is 4.47. The highest BCUT2D eigenvalue weighted by Crippen LogP contribution is 2.28. The number of carbonyl (C=O) groups excluding carboxylic acids is 2. The zero-order chi connectivity index (χ0) is 23.3. The van der Waals surface area contributed by atoms with Crippen LogP contribution in [0.4, 0.5) is 4.79 Å². The minimum absolute atomic E-state index is 0.0650. The van der Waals surface area contributed by atoms with Crippen LogP contribution in [0.3, 0.4) is 0 Å². The van der Waals surface area contributed by atoms with E-state index in [1.54, 1.807) is 17.1 Å². The van der Waals surface area contributed by atoms with Gasteiger partial charge in [-0.1, -0.05) is 36.4 Å². The van der Waals surface area contributed by atoms with Gasteiger partial charge in [-0.3, -0.25) is 4.79 Å². The number of hydrogen-bond acceptors (Lipinski definition) is 3. The summed E-state index contributed by atoms with van der Waals surface area (Å²) in [5, 5.41) is 12.7. The lowest BCUT2D eigenvalue weighted by Crippen LogP contribution is -2.48. The number of hydrogen-bond donors (Lipinski definition) is 2. The number of primary amides is 1. The second-order valence-corrected chi connectivity index (χ2v) is 7.92. The molecule has 166 valence electrons. The Morgan fingerprint density at radius 1 is 1.25 bits per heavy atom. The Bertz CT molecular complexity index is 1070. The van der Waals surface area contributed by atoms with Gasteiger partial charge in [-0.2, -0.15) is 5.26 Å². The number of amides is 3. The van der Waals surface area contributed by atoms with Crippen LogP contribution in [-0.4, -0.2) is 34.0 Å². The van der Waals surface area contributed by atoms with E-state index in [1.807, 2.05) is 23.6 Å². The number of benzene rings is 1. The SMILES string of the molecule is C=CC.C=CCc1c(C#N)c(C(N)=O)c2n1CCN(C(=O)NC1Cc3ccccc3C1)C2. The van der Waals surface area contributed by atoms with Crippen LogP contribution in [0.25, 0.3) is 0 Å². The fourth-order valence-corrected chi connectivity index (χ4v) is 4.47. The molecule has 3 N–H and O–H groups in total. The molecule has 0 bridgehead atoms. The maximum absolute atomic E-state index is 12.9. The van der Waals surface area contributed by atoms with Gasteiger partial charge in [0.25, 0.3) is 5.91 Å². The van der Waals surface area contributed by atoms with Crippen LogP contribution in [0.5, 0.6) is 0 Å². The zero-order valence-electron chi connectivity index (χ0n) is 18.4. The van der Waals surface area contributed by atoms with Crippen LogP contribution in [0.1, 0.15) is 45.4 Å². The lowest BCUT2D eigenvalue weighted by atomic mass is 10.1. The van der Waals surface area contributed by atoms with Crippen LogP contribution >= 0.6 is 0 Å². The minimum atomic E-state index is -0.644. The van der Waals surface area contributed by atoms with Gasteiger partial charge in [-0.15, -0.1) is 13.2 Å². The van der Waals surface area contributed by atoms with E-state index in [0.29, 0.717) is 30.8 Å². The number of nitrogens with two attached hydrogens (primary N) is 1. The molecule has 32 heavy (non-hydrogen) atoms. The topological polar surface area (TPSA) is 104 Å². The van der Waals surface area contributed by atoms with Crippen LogP contribution in [-0.2, 0) is 32.4 Å². The number of urea groups is 1. The van der Waals surface area contributed by atoms with Crippen LogP contribution in [0.2, 0.25) is 0 Å². The van der Waals surface area contributed by atoms with E-state index >= 15 is 0 Å². The molecule has 0 spiro atoms. The molecular formula is C25H29N5O2. The summed E-state index contributed by atoms with van der Waals surface area (Å²) in [5.74, 6) is -0.644. The summed E-state index contributed by atoms with van der Waals surface area (Å²) < 4.78 is 1.94. The number of aromatic nitrogens is 1. The Labute approximate surface area is 188 Å². The van der Waals surface area contributed by atoms with E-state index in [9.17, 15) is 14.9 Å². The van der Waals surface area contributed by atoms with Crippen molar-refractivity contribution >= 4 is 11.9 Å². The highest BCUT2D eigenvalue weighted by Gasteiger charge is 2.32. The third kappa shape index (κ3) is 4.45. The highest BCUT2D eigenvalue weighted by molar-refractivity contribution is 5.97. The van der Waals surface area contributed by atoms with Crippen LogP contribution in [0, 0.1) is 11.3 Å². The molecule has 1 aliphatic heterocycles. The molecule has 4 rings (SSSR count). The number of allylic oxidation sites excluding steroid dienone is 2. The summed E-state index contributed by atoms with van der Waals surface area (Å²) in [6, 6.07) is 10.2. The van der Waals surface area contributed by atoms with Crippen LogP contribution < -0.4 is 11.1 Å². The zero-order valence-corrected chi connectivity index (χ0v) is 18.4. The van der Waals surface area contributed by atoms with Gasteiger partial charge >= 0.3 is 6.03 Å². The van der Waals surface area contributed by atoms with Gasteiger partial charge in [0.1, 0.15) is 6.07 Å². The predicted octanol–water partition coefficient (Wildman–Crippen LogP) is 3.07. The molecule has 7 heteroatoms. The van der Waals surface area contributed by atoms with Crippen molar-refractivity contribution in [1.29, 1.82) is 5.26 Å². The molecule has 0 unspecified atom stereocenters. The molecule has 0 fully saturated rings. The van der Waals surface area contributed by atoms with Crippen molar-refractivity contribution in [3.8, 4) is 6.07 Å². The summed E-state index contributed by atoms with van der Waals surface area (Å²) in [5.41, 5.74) is 9.99. The van der Waals surface area contributed by atoms with Crippen molar-refractivity contribution in [2.24, 2.45) is 5.73 Å². The molecule has 7 nitrogen and oxygen atoms in total. The molecule has 0 saturated heterocycles. The van der Waals surface area contributed by atoms with Crippen molar-refractivity contribution in [1.82, 2.24) is 14.8 Å². The summed E-state index contributed by atoms with van der Waals surface area (Å²) in [7, 11) is 0. The molecule has 1 aliphatic carbocycles. The van der Waals surface area contributed by atoms with E-state index < -0.39 is 5.91 Å². The largest absolute Gasteiger partial charge is 0.366 e.